The van der Waals surface area contributed by atoms with E-state index in [0.29, 0.717) is 12.1 Å². The van der Waals surface area contributed by atoms with Gasteiger partial charge in [0.25, 0.3) is 0 Å². The van der Waals surface area contributed by atoms with Gasteiger partial charge in [-0.05, 0) is 60.9 Å². The smallest absolute Gasteiger partial charge is 0.315 e. The van der Waals surface area contributed by atoms with E-state index in [-0.39, 0.29) is 11.9 Å². The van der Waals surface area contributed by atoms with E-state index in [4.69, 9.17) is 0 Å². The number of hydrogen-bond donors (Lipinski definition) is 2. The maximum Gasteiger partial charge on any atom is 0.323 e. The second kappa shape index (κ2) is 5.76. The van der Waals surface area contributed by atoms with E-state index in [1.165, 1.54) is 0 Å². The molecule has 0 atom stereocenters. The van der Waals surface area contributed by atoms with Gasteiger partial charge in [0.2, 0.25) is 5.91 Å². The second-order valence-corrected chi connectivity index (χ2v) is 5.93. The predicted molar refractivity (Wildman–Crippen MR) is 92.1 cm³/mol. The molecule has 23 heavy (non-hydrogen) atoms. The fraction of sp³-hybridized carbons (Fsp3) is 0.222. The quantitative estimate of drug-likeness (QED) is 0.892. The van der Waals surface area contributed by atoms with Gasteiger partial charge in [0.15, 0.2) is 0 Å². The summed E-state index contributed by atoms with van der Waals surface area (Å²) in [5.74, 6) is 0.0665. The highest BCUT2D eigenvalue weighted by molar-refractivity contribution is 6.03. The Balaban J connectivity index is 1.71. The molecule has 5 nitrogen and oxygen atoms in total. The van der Waals surface area contributed by atoms with E-state index in [2.05, 4.69) is 16.7 Å². The van der Waals surface area contributed by atoms with Gasteiger partial charge in [0.1, 0.15) is 0 Å². The molecule has 5 heteroatoms. The fourth-order valence-electron chi connectivity index (χ4n) is 2.89. The lowest BCUT2D eigenvalue weighted by molar-refractivity contribution is -0.117. The van der Waals surface area contributed by atoms with Crippen LogP contribution in [0.25, 0.3) is 0 Å². The van der Waals surface area contributed by atoms with E-state index in [1.54, 1.807) is 18.0 Å². The van der Waals surface area contributed by atoms with Crippen LogP contribution in [0.1, 0.15) is 16.7 Å². The first kappa shape index (κ1) is 15.1. The third-order valence-electron chi connectivity index (χ3n) is 3.89. The number of likely N-dealkylation sites (N-methyl/N-ethyl adjacent to an activating group) is 1. The molecule has 3 amide bonds. The van der Waals surface area contributed by atoms with Crippen LogP contribution in [-0.2, 0) is 11.2 Å². The molecular formula is C18H19N3O2. The Labute approximate surface area is 135 Å². The molecule has 0 saturated heterocycles. The average Bonchev–Trinajstić information content (AvgIpc) is 2.72. The molecule has 2 N–H and O–H groups in total. The third kappa shape index (κ3) is 3.18. The van der Waals surface area contributed by atoms with E-state index in [1.807, 2.05) is 38.1 Å². The van der Waals surface area contributed by atoms with Crippen molar-refractivity contribution in [1.29, 1.82) is 0 Å². The van der Waals surface area contributed by atoms with Crippen molar-refractivity contribution >= 4 is 29.0 Å². The zero-order chi connectivity index (χ0) is 16.6. The molecular weight excluding hydrogens is 290 g/mol. The molecule has 0 aromatic heterocycles. The van der Waals surface area contributed by atoms with Crippen LogP contribution in [0.3, 0.4) is 0 Å². The molecule has 1 aliphatic heterocycles. The second-order valence-electron chi connectivity index (χ2n) is 5.93. The van der Waals surface area contributed by atoms with Gasteiger partial charge in [-0.25, -0.2) is 4.79 Å². The zero-order valence-electron chi connectivity index (χ0n) is 13.4. The van der Waals surface area contributed by atoms with Crippen molar-refractivity contribution in [3.8, 4) is 0 Å². The average molecular weight is 309 g/mol. The van der Waals surface area contributed by atoms with E-state index < -0.39 is 0 Å². The minimum Gasteiger partial charge on any atom is -0.315 e. The minimum atomic E-state index is -0.298. The Hall–Kier alpha value is -2.82. The van der Waals surface area contributed by atoms with Gasteiger partial charge in [0.05, 0.1) is 6.42 Å². The lowest BCUT2D eigenvalue weighted by Crippen LogP contribution is -2.20. The lowest BCUT2D eigenvalue weighted by Gasteiger charge is -2.12. The Morgan fingerprint density at radius 2 is 1.65 bits per heavy atom. The third-order valence-corrected chi connectivity index (χ3v) is 3.89. The first-order chi connectivity index (χ1) is 10.9. The minimum absolute atomic E-state index is 0.0665. The molecule has 3 rings (SSSR count). The highest BCUT2D eigenvalue weighted by Gasteiger charge is 2.24. The molecule has 0 radical (unpaired) electrons. The van der Waals surface area contributed by atoms with Crippen molar-refractivity contribution in [2.75, 3.05) is 22.6 Å². The van der Waals surface area contributed by atoms with Crippen molar-refractivity contribution in [2.45, 2.75) is 20.3 Å². The Morgan fingerprint density at radius 3 is 2.35 bits per heavy atom. The van der Waals surface area contributed by atoms with Gasteiger partial charge < -0.3 is 15.5 Å². The van der Waals surface area contributed by atoms with Crippen LogP contribution in [0.15, 0.2) is 36.4 Å². The van der Waals surface area contributed by atoms with Crippen LogP contribution in [0, 0.1) is 13.8 Å². The molecule has 2 aromatic carbocycles. The molecule has 1 aliphatic rings. The predicted octanol–water partition coefficient (Wildman–Crippen LogP) is 3.47. The SMILES string of the molecule is Cc1cc(C)cc(NC(=O)Nc2ccc3c(c2)CC(=O)N3C)c1. The van der Waals surface area contributed by atoms with Gasteiger partial charge in [-0.15, -0.1) is 0 Å². The Morgan fingerprint density at radius 1 is 1.00 bits per heavy atom. The van der Waals surface area contributed by atoms with Gasteiger partial charge >= 0.3 is 6.03 Å². The summed E-state index contributed by atoms with van der Waals surface area (Å²) in [5, 5.41) is 5.64. The van der Waals surface area contributed by atoms with Crippen LogP contribution < -0.4 is 15.5 Å². The number of carbonyl (C=O) groups excluding carboxylic acids is 2. The van der Waals surface area contributed by atoms with Crippen LogP contribution in [0.5, 0.6) is 0 Å². The summed E-state index contributed by atoms with van der Waals surface area (Å²) in [6, 6.07) is 11.1. The lowest BCUT2D eigenvalue weighted by atomic mass is 10.1. The van der Waals surface area contributed by atoms with Gasteiger partial charge in [-0.3, -0.25) is 4.79 Å². The number of hydrogen-bond acceptors (Lipinski definition) is 2. The van der Waals surface area contributed by atoms with Crippen molar-refractivity contribution in [3.63, 3.8) is 0 Å². The number of benzene rings is 2. The molecule has 0 aliphatic carbocycles. The summed E-state index contributed by atoms with van der Waals surface area (Å²) in [6.45, 7) is 3.98. The fourth-order valence-corrected chi connectivity index (χ4v) is 2.89. The van der Waals surface area contributed by atoms with Crippen molar-refractivity contribution in [3.05, 3.63) is 53.1 Å². The number of aryl methyl sites for hydroxylation is 2. The maximum absolute atomic E-state index is 12.1. The van der Waals surface area contributed by atoms with Gasteiger partial charge in [-0.2, -0.15) is 0 Å². The maximum atomic E-state index is 12.1. The normalized spacial score (nSPS) is 13.0. The van der Waals surface area contributed by atoms with Crippen LogP contribution in [-0.4, -0.2) is 19.0 Å². The highest BCUT2D eigenvalue weighted by atomic mass is 16.2. The van der Waals surface area contributed by atoms with Crippen molar-refractivity contribution < 1.29 is 9.59 Å². The molecule has 0 unspecified atom stereocenters. The summed E-state index contributed by atoms with van der Waals surface area (Å²) in [5.41, 5.74) is 5.46. The number of urea groups is 1. The molecule has 2 aromatic rings. The van der Waals surface area contributed by atoms with Crippen LogP contribution >= 0.6 is 0 Å². The summed E-state index contributed by atoms with van der Waals surface area (Å²) in [7, 11) is 1.76. The first-order valence-electron chi connectivity index (χ1n) is 7.48. The molecule has 118 valence electrons. The number of carbonyl (C=O) groups is 2. The topological polar surface area (TPSA) is 61.4 Å². The van der Waals surface area contributed by atoms with Crippen LogP contribution in [0.2, 0.25) is 0 Å². The van der Waals surface area contributed by atoms with E-state index in [0.717, 1.165) is 28.1 Å². The number of rotatable bonds is 2. The number of nitrogens with one attached hydrogen (secondary N) is 2. The number of fused-ring (bicyclic) bond motifs is 1. The van der Waals surface area contributed by atoms with E-state index >= 15 is 0 Å². The van der Waals surface area contributed by atoms with Crippen molar-refractivity contribution in [2.24, 2.45) is 0 Å². The monoisotopic (exact) mass is 309 g/mol. The molecule has 1 heterocycles. The molecule has 0 bridgehead atoms. The van der Waals surface area contributed by atoms with Gasteiger partial charge in [0, 0.05) is 24.1 Å². The first-order valence-corrected chi connectivity index (χ1v) is 7.48. The Bertz CT molecular complexity index is 779. The molecule has 0 fully saturated rings. The molecule has 0 spiro atoms. The Kier molecular flexibility index (Phi) is 3.78. The summed E-state index contributed by atoms with van der Waals surface area (Å²) in [6.07, 6.45) is 0.375. The summed E-state index contributed by atoms with van der Waals surface area (Å²) in [4.78, 5) is 25.5. The standard InChI is InChI=1S/C18H19N3O2/c1-11-6-12(2)8-15(7-11)20-18(23)19-14-4-5-16-13(9-14)10-17(22)21(16)3/h4-9H,10H2,1-3H3,(H2,19,20,23). The summed E-state index contributed by atoms with van der Waals surface area (Å²) >= 11 is 0. The largest absolute Gasteiger partial charge is 0.323 e. The number of amides is 3. The van der Waals surface area contributed by atoms with Crippen LogP contribution in [0.4, 0.5) is 21.9 Å². The van der Waals surface area contributed by atoms with Crippen molar-refractivity contribution in [1.82, 2.24) is 0 Å². The summed E-state index contributed by atoms with van der Waals surface area (Å²) < 4.78 is 0. The zero-order valence-corrected chi connectivity index (χ0v) is 13.4. The number of nitrogens with zero attached hydrogens (tertiary/aromatic N) is 1. The van der Waals surface area contributed by atoms with Gasteiger partial charge in [-0.1, -0.05) is 6.07 Å². The highest BCUT2D eigenvalue weighted by Crippen LogP contribution is 2.30. The molecule has 0 saturated carbocycles. The number of anilines is 3. The van der Waals surface area contributed by atoms with E-state index in [9.17, 15) is 9.59 Å².